The Hall–Kier alpha value is -1.59. The minimum absolute atomic E-state index is 0.0316. The minimum Gasteiger partial charge on any atom is -0.507 e. The van der Waals surface area contributed by atoms with Crippen LogP contribution in [0.25, 0.3) is 0 Å². The third kappa shape index (κ3) is 3.79. The zero-order chi connectivity index (χ0) is 19.1. The summed E-state index contributed by atoms with van der Waals surface area (Å²) in [6.07, 6.45) is 10.2. The monoisotopic (exact) mass is 400 g/mol. The second-order valence-electron chi connectivity index (χ2n) is 9.00. The molecule has 3 aliphatic rings. The van der Waals surface area contributed by atoms with Gasteiger partial charge in [0, 0.05) is 29.9 Å². The molecule has 5 rings (SSSR count). The first-order chi connectivity index (χ1) is 13.6. The molecule has 2 aromatic rings. The lowest BCUT2D eigenvalue weighted by molar-refractivity contribution is -0.00187. The lowest BCUT2D eigenvalue weighted by atomic mass is 9.89. The average molecular weight is 401 g/mol. The summed E-state index contributed by atoms with van der Waals surface area (Å²) in [6.45, 7) is 0.872. The highest BCUT2D eigenvalue weighted by molar-refractivity contribution is 7.10. The third-order valence-corrected chi connectivity index (χ3v) is 7.67. The van der Waals surface area contributed by atoms with Crippen molar-refractivity contribution in [3.05, 3.63) is 50.2 Å². The molecule has 3 fully saturated rings. The van der Waals surface area contributed by atoms with Gasteiger partial charge in [0.2, 0.25) is 0 Å². The fourth-order valence-corrected chi connectivity index (χ4v) is 5.80. The van der Waals surface area contributed by atoms with Crippen LogP contribution in [-0.2, 0) is 11.2 Å². The Kier molecular flexibility index (Phi) is 4.84. The van der Waals surface area contributed by atoms with E-state index in [1.165, 1.54) is 12.8 Å². The molecule has 0 bridgehead atoms. The Morgan fingerprint density at radius 1 is 1.25 bits per heavy atom. The maximum Gasteiger partial charge on any atom is 0.343 e. The van der Waals surface area contributed by atoms with E-state index in [2.05, 4.69) is 6.07 Å². The summed E-state index contributed by atoms with van der Waals surface area (Å²) in [6, 6.07) is 5.78. The summed E-state index contributed by atoms with van der Waals surface area (Å²) in [5.41, 5.74) is 0.286. The predicted octanol–water partition coefficient (Wildman–Crippen LogP) is 5.23. The Bertz CT molecular complexity index is 871. The molecule has 4 nitrogen and oxygen atoms in total. The molecule has 0 spiro atoms. The van der Waals surface area contributed by atoms with Crippen LogP contribution in [0.3, 0.4) is 0 Å². The van der Waals surface area contributed by atoms with E-state index in [1.807, 2.05) is 11.4 Å². The van der Waals surface area contributed by atoms with Crippen LogP contribution >= 0.6 is 11.3 Å². The van der Waals surface area contributed by atoms with Crippen LogP contribution in [0.1, 0.15) is 73.5 Å². The van der Waals surface area contributed by atoms with Crippen molar-refractivity contribution in [2.75, 3.05) is 6.61 Å². The predicted molar refractivity (Wildman–Crippen MR) is 109 cm³/mol. The molecule has 2 aromatic heterocycles. The highest BCUT2D eigenvalue weighted by atomic mass is 32.1. The maximum absolute atomic E-state index is 12.9. The topological polar surface area (TPSA) is 59.7 Å². The molecule has 5 heteroatoms. The van der Waals surface area contributed by atoms with Crippen LogP contribution in [0, 0.1) is 11.3 Å². The zero-order valence-corrected chi connectivity index (χ0v) is 17.0. The van der Waals surface area contributed by atoms with E-state index in [4.69, 9.17) is 9.15 Å². The number of hydrogen-bond donors (Lipinski definition) is 1. The average Bonchev–Trinajstić information content (AvgIpc) is 3.58. The van der Waals surface area contributed by atoms with Gasteiger partial charge in [-0.05, 0) is 74.1 Å². The van der Waals surface area contributed by atoms with E-state index < -0.39 is 0 Å². The van der Waals surface area contributed by atoms with Crippen molar-refractivity contribution in [1.29, 1.82) is 0 Å². The maximum atomic E-state index is 12.9. The Morgan fingerprint density at radius 3 is 2.71 bits per heavy atom. The molecule has 150 valence electrons. The highest BCUT2D eigenvalue weighted by Gasteiger charge is 2.45. The highest BCUT2D eigenvalue weighted by Crippen LogP contribution is 2.54. The second kappa shape index (κ2) is 7.34. The fourth-order valence-electron chi connectivity index (χ4n) is 4.87. The van der Waals surface area contributed by atoms with Crippen molar-refractivity contribution in [2.24, 2.45) is 11.3 Å². The lowest BCUT2D eigenvalue weighted by Crippen LogP contribution is -2.24. The van der Waals surface area contributed by atoms with Crippen LogP contribution in [0.5, 0.6) is 5.75 Å². The molecule has 1 N–H and O–H groups in total. The van der Waals surface area contributed by atoms with Gasteiger partial charge in [0.15, 0.2) is 0 Å². The van der Waals surface area contributed by atoms with Gasteiger partial charge in [-0.1, -0.05) is 6.07 Å². The summed E-state index contributed by atoms with van der Waals surface area (Å²) in [5, 5.41) is 12.8. The van der Waals surface area contributed by atoms with E-state index in [9.17, 15) is 9.90 Å². The van der Waals surface area contributed by atoms with E-state index >= 15 is 0 Å². The molecular weight excluding hydrogens is 372 g/mol. The number of ether oxygens (including phenoxy) is 1. The van der Waals surface area contributed by atoms with Gasteiger partial charge in [-0.3, -0.25) is 0 Å². The summed E-state index contributed by atoms with van der Waals surface area (Å²) in [5.74, 6) is 1.15. The summed E-state index contributed by atoms with van der Waals surface area (Å²) in [4.78, 5) is 14.0. The largest absolute Gasteiger partial charge is 0.507 e. The van der Waals surface area contributed by atoms with Crippen molar-refractivity contribution in [2.45, 2.75) is 69.8 Å². The normalized spacial score (nSPS) is 24.8. The van der Waals surface area contributed by atoms with Gasteiger partial charge in [-0.15, -0.1) is 11.3 Å². The number of rotatable bonds is 7. The fraction of sp³-hybridized carbons (Fsp3) is 0.609. The van der Waals surface area contributed by atoms with E-state index in [0.717, 1.165) is 56.4 Å². The van der Waals surface area contributed by atoms with Gasteiger partial charge in [-0.25, -0.2) is 4.79 Å². The lowest BCUT2D eigenvalue weighted by Gasteiger charge is -2.26. The van der Waals surface area contributed by atoms with Gasteiger partial charge in [-0.2, -0.15) is 0 Å². The smallest absolute Gasteiger partial charge is 0.343 e. The Balaban J connectivity index is 1.37. The summed E-state index contributed by atoms with van der Waals surface area (Å²) < 4.78 is 11.7. The first-order valence-corrected chi connectivity index (χ1v) is 11.5. The van der Waals surface area contributed by atoms with Gasteiger partial charge in [0.05, 0.1) is 11.7 Å². The van der Waals surface area contributed by atoms with Crippen LogP contribution in [0.2, 0.25) is 0 Å². The molecule has 28 heavy (non-hydrogen) atoms. The first-order valence-electron chi connectivity index (χ1n) is 10.6. The number of aromatic hydroxyl groups is 1. The summed E-state index contributed by atoms with van der Waals surface area (Å²) in [7, 11) is 0. The van der Waals surface area contributed by atoms with Crippen LogP contribution in [0.4, 0.5) is 0 Å². The molecule has 2 saturated carbocycles. The second-order valence-corrected chi connectivity index (χ2v) is 9.98. The molecule has 3 heterocycles. The Morgan fingerprint density at radius 2 is 2.11 bits per heavy atom. The Labute approximate surface area is 169 Å². The van der Waals surface area contributed by atoms with E-state index in [-0.39, 0.29) is 22.7 Å². The van der Waals surface area contributed by atoms with Crippen molar-refractivity contribution in [3.63, 3.8) is 0 Å². The molecule has 2 aliphatic carbocycles. The van der Waals surface area contributed by atoms with Gasteiger partial charge in [0.1, 0.15) is 11.5 Å². The molecule has 1 saturated heterocycles. The SMILES string of the molecule is O=c1oc(CC2(CC3CCCCO3)CC2)cc(O)c1C(c1cccs1)C1CC1. The zero-order valence-electron chi connectivity index (χ0n) is 16.2. The van der Waals surface area contributed by atoms with Crippen molar-refractivity contribution in [3.8, 4) is 5.75 Å². The minimum atomic E-state index is -0.356. The van der Waals surface area contributed by atoms with Gasteiger partial charge >= 0.3 is 5.63 Å². The van der Waals surface area contributed by atoms with E-state index in [0.29, 0.717) is 23.3 Å². The van der Waals surface area contributed by atoms with Crippen LogP contribution in [-0.4, -0.2) is 17.8 Å². The molecule has 2 unspecified atom stereocenters. The van der Waals surface area contributed by atoms with Gasteiger partial charge < -0.3 is 14.3 Å². The van der Waals surface area contributed by atoms with Crippen molar-refractivity contribution in [1.82, 2.24) is 0 Å². The molecule has 0 amide bonds. The van der Waals surface area contributed by atoms with Crippen molar-refractivity contribution >= 4 is 11.3 Å². The number of thiophene rings is 1. The quantitative estimate of drug-likeness (QED) is 0.691. The molecule has 1 aliphatic heterocycles. The van der Waals surface area contributed by atoms with Crippen LogP contribution < -0.4 is 5.63 Å². The van der Waals surface area contributed by atoms with Gasteiger partial charge in [0.25, 0.3) is 0 Å². The third-order valence-electron chi connectivity index (χ3n) is 6.71. The number of hydrogen-bond acceptors (Lipinski definition) is 5. The standard InChI is InChI=1S/C23H28O4S/c24-18-12-17(14-23(8-9-23)13-16-4-1-2-10-26-16)27-22(25)21(18)20(15-6-7-15)19-5-3-11-28-19/h3,5,11-12,15-16,20,24H,1-2,4,6-10,13-14H2. The van der Waals surface area contributed by atoms with Crippen molar-refractivity contribution < 1.29 is 14.3 Å². The first kappa shape index (κ1) is 18.4. The van der Waals surface area contributed by atoms with Crippen LogP contribution in [0.15, 0.2) is 32.8 Å². The molecule has 0 radical (unpaired) electrons. The summed E-state index contributed by atoms with van der Waals surface area (Å²) >= 11 is 1.65. The van der Waals surface area contributed by atoms with E-state index in [1.54, 1.807) is 17.4 Å². The molecule has 0 aromatic carbocycles. The molecular formula is C23H28O4S. The molecule has 2 atom stereocenters.